The van der Waals surface area contributed by atoms with Crippen molar-refractivity contribution in [2.24, 2.45) is 33.4 Å². The van der Waals surface area contributed by atoms with Gasteiger partial charge in [-0.2, -0.15) is 21.8 Å². The maximum absolute atomic E-state index is 14.2. The molecule has 718 valence electrons. The summed E-state index contributed by atoms with van der Waals surface area (Å²) in [5, 5.41) is 67.8. The van der Waals surface area contributed by atoms with Gasteiger partial charge < -0.3 is 105 Å². The van der Waals surface area contributed by atoms with Crippen molar-refractivity contribution < 1.29 is 107 Å². The number of nitrogens with two attached hydrogens (primary N) is 3. The van der Waals surface area contributed by atoms with Crippen molar-refractivity contribution in [3.05, 3.63) is 148 Å². The van der Waals surface area contributed by atoms with Crippen LogP contribution < -0.4 is 85.7 Å². The minimum absolute atomic E-state index is 0.000153. The molecule has 2 aliphatic heterocycles. The van der Waals surface area contributed by atoms with E-state index in [0.717, 1.165) is 33.0 Å². The van der Waals surface area contributed by atoms with Crippen molar-refractivity contribution in [2.75, 3.05) is 64.1 Å². The van der Waals surface area contributed by atoms with Crippen molar-refractivity contribution in [3.8, 4) is 5.75 Å². The summed E-state index contributed by atoms with van der Waals surface area (Å²) >= 11 is 7.52. The van der Waals surface area contributed by atoms with E-state index in [4.69, 9.17) is 33.5 Å². The average Bonchev–Trinajstić information content (AvgIpc) is 1.58. The van der Waals surface area contributed by atoms with Gasteiger partial charge in [-0.15, -0.1) is 11.6 Å². The number of nitrogen functional groups attached to an aromatic ring is 1. The van der Waals surface area contributed by atoms with E-state index in [0.29, 0.717) is 73.9 Å². The van der Waals surface area contributed by atoms with Crippen LogP contribution in [0.3, 0.4) is 0 Å². The topological polar surface area (TPSA) is 713 Å². The summed E-state index contributed by atoms with van der Waals surface area (Å²) < 4.78 is 5.58. The third-order valence-electron chi connectivity index (χ3n) is 21.4. The second kappa shape index (κ2) is 46.9. The maximum Gasteiger partial charge on any atom is 0.327 e. The smallest absolute Gasteiger partial charge is 0.327 e. The number of hydrogen-bond donors (Lipinski definition) is 20. The van der Waals surface area contributed by atoms with Crippen LogP contribution in [0.1, 0.15) is 147 Å². The van der Waals surface area contributed by atoms with Crippen LogP contribution >= 0.6 is 23.4 Å². The fourth-order valence-corrected chi connectivity index (χ4v) is 15.4. The molecule has 48 heteroatoms. The van der Waals surface area contributed by atoms with Gasteiger partial charge in [-0.05, 0) is 129 Å². The molecule has 46 nitrogen and oxygen atoms in total. The fraction of sp³-hybridized carbons (Fsp3) is 0.352. The summed E-state index contributed by atoms with van der Waals surface area (Å²) in [6.07, 6.45) is -0.362. The van der Waals surface area contributed by atoms with Crippen LogP contribution in [0, 0.1) is 11.8 Å². The number of carbonyl (C=O) groups is 17. The molecule has 0 spiro atoms. The lowest BCUT2D eigenvalue weighted by Gasteiger charge is -2.25. The van der Waals surface area contributed by atoms with Crippen molar-refractivity contribution in [2.45, 2.75) is 148 Å². The van der Waals surface area contributed by atoms with Gasteiger partial charge in [-0.25, -0.2) is 25.0 Å². The molecule has 6 heterocycles. The third kappa shape index (κ3) is 27.8. The Morgan fingerprint density at radius 2 is 1.24 bits per heavy atom. The number of nitrogens with zero attached hydrogens (tertiary/aromatic N) is 7. The first kappa shape index (κ1) is 102. The summed E-state index contributed by atoms with van der Waals surface area (Å²) in [4.78, 5) is 255. The Bertz CT molecular complexity index is 6280. The number of fused-ring (bicyclic) bond motifs is 6. The van der Waals surface area contributed by atoms with E-state index in [9.17, 15) is 107 Å². The number of anilines is 5. The number of likely N-dealkylation sites (tertiary alicyclic amines) is 1. The summed E-state index contributed by atoms with van der Waals surface area (Å²) in [5.41, 5.74) is 23.8. The van der Waals surface area contributed by atoms with Crippen LogP contribution in [0.4, 0.5) is 28.7 Å². The van der Waals surface area contributed by atoms with Crippen LogP contribution in [-0.4, -0.2) is 241 Å². The molecule has 2 aliphatic rings. The lowest BCUT2D eigenvalue weighted by molar-refractivity contribution is -0.143. The molecule has 0 radical (unpaired) electrons. The Hall–Kier alpha value is -16.0. The number of carboxylic acids is 4. The number of rotatable bonds is 43. The number of aliphatic carboxylic acids is 4. The van der Waals surface area contributed by atoms with E-state index >= 15 is 0 Å². The summed E-state index contributed by atoms with van der Waals surface area (Å²) in [7, 11) is 0. The molecule has 2 unspecified atom stereocenters. The maximum atomic E-state index is 14.2. The second-order valence-electron chi connectivity index (χ2n) is 32.1. The number of aliphatic imine (C=N–C) groups is 1. The van der Waals surface area contributed by atoms with Crippen molar-refractivity contribution in [3.63, 3.8) is 0 Å². The van der Waals surface area contributed by atoms with Gasteiger partial charge in [0, 0.05) is 137 Å². The molecule has 23 N–H and O–H groups in total. The molecule has 136 heavy (non-hydrogen) atoms. The number of hydrazone groups is 1. The molecular formula is C88H100ClN23O23S. The third-order valence-corrected chi connectivity index (χ3v) is 22.4. The lowest BCUT2D eigenvalue weighted by atomic mass is 9.95. The average molecular weight is 1920 g/mol. The molecule has 11 rings (SSSR count). The van der Waals surface area contributed by atoms with Gasteiger partial charge in [0.05, 0.1) is 37.0 Å². The van der Waals surface area contributed by atoms with Gasteiger partial charge in [0.2, 0.25) is 59.1 Å². The number of ether oxygens (including phenoxy) is 1. The zero-order valence-corrected chi connectivity index (χ0v) is 75.7. The van der Waals surface area contributed by atoms with E-state index in [1.165, 1.54) is 37.4 Å². The lowest BCUT2D eigenvalue weighted by Crippen LogP contribution is -2.58. The highest BCUT2D eigenvalue weighted by molar-refractivity contribution is 7.98. The molecule has 9 aromatic rings. The van der Waals surface area contributed by atoms with Crippen molar-refractivity contribution >= 4 is 208 Å². The Balaban J connectivity index is 0.000000282. The highest BCUT2D eigenvalue weighted by Crippen LogP contribution is 2.46. The van der Waals surface area contributed by atoms with Gasteiger partial charge in [0.15, 0.2) is 17.1 Å². The predicted molar refractivity (Wildman–Crippen MR) is 498 cm³/mol. The van der Waals surface area contributed by atoms with Crippen molar-refractivity contribution in [1.29, 1.82) is 0 Å². The van der Waals surface area contributed by atoms with E-state index in [2.05, 4.69) is 93.3 Å². The van der Waals surface area contributed by atoms with Crippen LogP contribution in [0.2, 0.25) is 0 Å². The number of hydrogen-bond acceptors (Lipinski definition) is 27. The first-order valence-electron chi connectivity index (χ1n) is 42.4. The SMILES string of the molecule is CC(=O)Oc1cc2c(c3ccccc13)C(CCl)CN2C(=O)c1cc2cc(NC(=O)c3cc4cc(NC(=O)[C@@H](NC(=O)CC/C(C)=N\NC(=O)CCN5C(=O)CC(C)C5=O)C(C)C)ccc4[nH]3)ccc2[nH]1.CSC[C@H](NC(=O)[C@H](CC(=O)O)NC(=O)[C@H](CCCN=C(N)N)NC(=O)[C@H](CC(=O)O)NC(=O)CC[C@H](NC(=O)c1ccc(NCc2cnc3nc(N)[nH]c(=O)c3n2)cc1)C(=O)O)C(=O)O. The van der Waals surface area contributed by atoms with Gasteiger partial charge >= 0.3 is 29.8 Å². The highest BCUT2D eigenvalue weighted by Gasteiger charge is 2.39. The molecule has 8 atom stereocenters. The van der Waals surface area contributed by atoms with Gasteiger partial charge in [-0.1, -0.05) is 45.0 Å². The van der Waals surface area contributed by atoms with Crippen LogP contribution in [0.25, 0.3) is 43.7 Å². The molecule has 0 bridgehead atoms. The normalized spacial score (nSPS) is 14.7. The number of amides is 12. The number of H-pyrrole nitrogens is 3. The molecule has 5 aromatic carbocycles. The molecule has 0 saturated carbocycles. The van der Waals surface area contributed by atoms with Gasteiger partial charge in [0.1, 0.15) is 53.4 Å². The number of benzene rings is 5. The molecule has 1 saturated heterocycles. The number of carboxylic acid groups (broad SMARTS) is 4. The van der Waals surface area contributed by atoms with Gasteiger partial charge in [0.25, 0.3) is 23.3 Å². The van der Waals surface area contributed by atoms with Crippen LogP contribution in [0.5, 0.6) is 5.75 Å². The monoisotopic (exact) mass is 1910 g/mol. The molecular weight excluding hydrogens is 1810 g/mol. The second-order valence-corrected chi connectivity index (χ2v) is 33.3. The summed E-state index contributed by atoms with van der Waals surface area (Å²) in [6.45, 7) is 8.58. The number of esters is 1. The minimum Gasteiger partial charge on any atom is -0.481 e. The molecule has 1 fully saturated rings. The van der Waals surface area contributed by atoms with Crippen molar-refractivity contribution in [1.82, 2.24) is 72.1 Å². The fourth-order valence-electron chi connectivity index (χ4n) is 14.6. The van der Waals surface area contributed by atoms with Crippen LogP contribution in [-0.2, 0) is 73.7 Å². The number of halogens is 1. The largest absolute Gasteiger partial charge is 0.481 e. The standard InChI is InChI=1S/C51H52ClN9O9.C37H48N14O14S/c1-26(2)47(57-43(63)15-10-28(4)58-59-44(64)16-17-60-45(65)18-27(3)50(60)68)49(67)54-34-12-13-37-30(19-34)21-39(55-37)48(66)53-33-11-14-38-31(20-33)22-40(56-38)51(69)61-25-32(24-52)46-36-9-7-6-8-35(36)42(23-41(46)61)70-29(5)62;1-66-15-23(35(64)65)49-32(60)22(12-26(55)56)48-30(58)19(3-2-10-41-36(38)39)46-31(59)21(11-25(53)54)45-24(52)9-8-20(34(62)63)47-29(57)16-4-6-17(7-5-16)42-13-18-14-43-28-27(44-18)33(61)51-37(40)50-28/h6-9,11-14,19-23,26-27,32,47,55-56H,10,15-18,24-25H2,1-5H3,(H,53,66)(H,54,67)(H,57,63)(H,59,64);4-7,14,19-23,42H,2-3,8-13,15H2,1H3,(H,45,52)(H,46,59)(H,47,57)(H,48,58)(H,49,60)(H,53,54)(H,55,56)(H,62,63)(H,64,65)(H4,38,39,41)(H3,40,43,50,51,61)/b58-28-;/t27?,32?,47-;19-,20-,21-,22-,23-/m00/s1. The number of thioether (sulfide) groups is 1. The number of carbonyl (C=O) groups excluding carboxylic acids is 13. The van der Waals surface area contributed by atoms with E-state index in [-0.39, 0.29) is 134 Å². The molecule has 12 amide bonds. The Morgan fingerprint density at radius 1 is 0.640 bits per heavy atom. The number of guanidine groups is 1. The van der Waals surface area contributed by atoms with E-state index in [1.807, 2.05) is 24.3 Å². The molecule has 4 aromatic heterocycles. The Morgan fingerprint density at radius 3 is 1.85 bits per heavy atom. The predicted octanol–water partition coefficient (Wildman–Crippen LogP) is 3.36. The van der Waals surface area contributed by atoms with Crippen LogP contribution in [0.15, 0.2) is 124 Å². The van der Waals surface area contributed by atoms with Gasteiger partial charge in [-0.3, -0.25) is 91.6 Å². The highest BCUT2D eigenvalue weighted by atomic mass is 35.5. The number of nitrogens with one attached hydrogen (secondary N) is 13. The molecule has 0 aliphatic carbocycles. The zero-order chi connectivity index (χ0) is 99.1. The first-order valence-corrected chi connectivity index (χ1v) is 44.3. The van der Waals surface area contributed by atoms with E-state index in [1.54, 1.807) is 93.4 Å². The first-order chi connectivity index (χ1) is 64.6. The number of aromatic nitrogens is 6. The van der Waals surface area contributed by atoms with E-state index < -0.39 is 156 Å². The number of imide groups is 1. The number of alkyl halides is 1. The Kier molecular flexibility index (Phi) is 35.2. The number of aromatic amines is 3. The summed E-state index contributed by atoms with van der Waals surface area (Å²) in [5.74, 6) is -15.4. The summed E-state index contributed by atoms with van der Waals surface area (Å²) in [6, 6.07) is 19.5. The minimum atomic E-state index is -1.87. The quantitative estimate of drug-likeness (QED) is 0.00381. The Labute approximate surface area is 781 Å². The zero-order valence-electron chi connectivity index (χ0n) is 74.1.